The molecule has 0 aliphatic carbocycles. The second-order valence-corrected chi connectivity index (χ2v) is 5.74. The highest BCUT2D eigenvalue weighted by Gasteiger charge is 2.23. The lowest BCUT2D eigenvalue weighted by Gasteiger charge is -2.27. The Labute approximate surface area is 121 Å². The molecule has 110 valence electrons. The van der Waals surface area contributed by atoms with E-state index in [0.717, 1.165) is 31.5 Å². The Morgan fingerprint density at radius 3 is 2.70 bits per heavy atom. The van der Waals surface area contributed by atoms with E-state index in [1.807, 2.05) is 32.3 Å². The molecule has 2 N–H and O–H groups in total. The fourth-order valence-corrected chi connectivity index (χ4v) is 2.63. The minimum absolute atomic E-state index is 0.0304. The first-order chi connectivity index (χ1) is 9.66. The Morgan fingerprint density at radius 1 is 1.35 bits per heavy atom. The van der Waals surface area contributed by atoms with Gasteiger partial charge in [0.2, 0.25) is 5.91 Å². The third-order valence-corrected chi connectivity index (χ3v) is 3.69. The Morgan fingerprint density at radius 2 is 2.10 bits per heavy atom. The van der Waals surface area contributed by atoms with Crippen LogP contribution in [0.3, 0.4) is 0 Å². The molecule has 1 saturated heterocycles. The molecule has 0 bridgehead atoms. The summed E-state index contributed by atoms with van der Waals surface area (Å²) in [5.74, 6) is 0.125. The average molecular weight is 275 g/mol. The van der Waals surface area contributed by atoms with Gasteiger partial charge in [-0.25, -0.2) is 0 Å². The van der Waals surface area contributed by atoms with Crippen molar-refractivity contribution in [1.29, 1.82) is 0 Å². The zero-order valence-electron chi connectivity index (χ0n) is 12.4. The van der Waals surface area contributed by atoms with Crippen LogP contribution in [-0.4, -0.2) is 44.0 Å². The number of hydrogen-bond acceptors (Lipinski definition) is 3. The van der Waals surface area contributed by atoms with E-state index in [9.17, 15) is 4.79 Å². The van der Waals surface area contributed by atoms with Crippen molar-refractivity contribution in [2.75, 3.05) is 27.2 Å². The maximum absolute atomic E-state index is 12.4. The zero-order valence-corrected chi connectivity index (χ0v) is 12.4. The molecule has 2 rings (SSSR count). The van der Waals surface area contributed by atoms with Crippen molar-refractivity contribution in [2.24, 2.45) is 0 Å². The van der Waals surface area contributed by atoms with Crippen LogP contribution in [0.2, 0.25) is 0 Å². The minimum Gasteiger partial charge on any atom is -0.347 e. The lowest BCUT2D eigenvalue weighted by Crippen LogP contribution is -2.48. The average Bonchev–Trinajstić information content (AvgIpc) is 2.48. The molecule has 0 radical (unpaired) electrons. The molecule has 4 heteroatoms. The van der Waals surface area contributed by atoms with Crippen LogP contribution in [0.15, 0.2) is 30.3 Å². The second-order valence-electron chi connectivity index (χ2n) is 5.74. The van der Waals surface area contributed by atoms with Crippen molar-refractivity contribution in [3.05, 3.63) is 35.9 Å². The van der Waals surface area contributed by atoms with Gasteiger partial charge < -0.3 is 15.5 Å². The van der Waals surface area contributed by atoms with E-state index in [1.165, 1.54) is 6.42 Å². The highest BCUT2D eigenvalue weighted by Crippen LogP contribution is 2.15. The highest BCUT2D eigenvalue weighted by atomic mass is 16.2. The molecule has 4 nitrogen and oxygen atoms in total. The van der Waals surface area contributed by atoms with E-state index in [0.29, 0.717) is 0 Å². The van der Waals surface area contributed by atoms with Gasteiger partial charge in [-0.05, 0) is 39.0 Å². The molecule has 0 saturated carbocycles. The summed E-state index contributed by atoms with van der Waals surface area (Å²) < 4.78 is 0. The molecular formula is C16H25N3O. The molecule has 0 aromatic heterocycles. The maximum Gasteiger partial charge on any atom is 0.237 e. The Balaban J connectivity index is 2.01. The number of piperidine rings is 1. The third-order valence-electron chi connectivity index (χ3n) is 3.69. The normalized spacial score (nSPS) is 20.6. The summed E-state index contributed by atoms with van der Waals surface area (Å²) >= 11 is 0. The van der Waals surface area contributed by atoms with Gasteiger partial charge >= 0.3 is 0 Å². The van der Waals surface area contributed by atoms with Gasteiger partial charge in [-0.15, -0.1) is 0 Å². The predicted octanol–water partition coefficient (Wildman–Crippen LogP) is 1.55. The van der Waals surface area contributed by atoms with Crippen molar-refractivity contribution in [3.8, 4) is 0 Å². The van der Waals surface area contributed by atoms with Crippen molar-refractivity contribution in [1.82, 2.24) is 15.5 Å². The van der Waals surface area contributed by atoms with E-state index in [1.54, 1.807) is 0 Å². The van der Waals surface area contributed by atoms with Crippen LogP contribution >= 0.6 is 0 Å². The van der Waals surface area contributed by atoms with Crippen LogP contribution in [0.25, 0.3) is 0 Å². The number of carbonyl (C=O) groups is 1. The molecule has 20 heavy (non-hydrogen) atoms. The fourth-order valence-electron chi connectivity index (χ4n) is 2.63. The number of hydrogen-bond donors (Lipinski definition) is 2. The van der Waals surface area contributed by atoms with Gasteiger partial charge in [-0.3, -0.25) is 4.79 Å². The molecule has 1 amide bonds. The molecule has 1 heterocycles. The van der Waals surface area contributed by atoms with Gasteiger partial charge in [0.05, 0.1) is 12.1 Å². The lowest BCUT2D eigenvalue weighted by atomic mass is 10.0. The van der Waals surface area contributed by atoms with Crippen LogP contribution in [0.1, 0.15) is 30.9 Å². The number of nitrogens with zero attached hydrogens (tertiary/aromatic N) is 1. The first-order valence-electron chi connectivity index (χ1n) is 7.40. The second kappa shape index (κ2) is 7.41. The number of rotatable bonds is 5. The highest BCUT2D eigenvalue weighted by molar-refractivity contribution is 5.82. The SMILES string of the molecule is CN(C)CC(NC(=O)C1CCCCN1)c1ccccc1. The predicted molar refractivity (Wildman–Crippen MR) is 81.5 cm³/mol. The molecule has 2 unspecified atom stereocenters. The summed E-state index contributed by atoms with van der Waals surface area (Å²) in [4.78, 5) is 14.5. The first-order valence-corrected chi connectivity index (χ1v) is 7.40. The van der Waals surface area contributed by atoms with Crippen LogP contribution < -0.4 is 10.6 Å². The molecule has 1 aliphatic heterocycles. The number of benzene rings is 1. The molecule has 1 aromatic rings. The Hall–Kier alpha value is -1.39. The molecule has 1 aromatic carbocycles. The summed E-state index contributed by atoms with van der Waals surface area (Å²) in [5, 5.41) is 6.49. The monoisotopic (exact) mass is 275 g/mol. The van der Waals surface area contributed by atoms with Crippen LogP contribution in [0.4, 0.5) is 0 Å². The van der Waals surface area contributed by atoms with E-state index in [-0.39, 0.29) is 18.0 Å². The molecular weight excluding hydrogens is 250 g/mol. The molecule has 0 spiro atoms. The van der Waals surface area contributed by atoms with Gasteiger partial charge in [0.25, 0.3) is 0 Å². The van der Waals surface area contributed by atoms with E-state index in [2.05, 4.69) is 27.7 Å². The zero-order chi connectivity index (χ0) is 14.4. The Kier molecular flexibility index (Phi) is 5.56. The van der Waals surface area contributed by atoms with Gasteiger partial charge in [0, 0.05) is 6.54 Å². The standard InChI is InChI=1S/C16H25N3O/c1-19(2)12-15(13-8-4-3-5-9-13)18-16(20)14-10-6-7-11-17-14/h3-5,8-9,14-15,17H,6-7,10-12H2,1-2H3,(H,18,20). The van der Waals surface area contributed by atoms with Gasteiger partial charge in [-0.1, -0.05) is 36.8 Å². The molecule has 1 aliphatic rings. The summed E-state index contributed by atoms with van der Waals surface area (Å²) in [6.45, 7) is 1.75. The number of likely N-dealkylation sites (N-methyl/N-ethyl adjacent to an activating group) is 1. The number of nitrogens with one attached hydrogen (secondary N) is 2. The minimum atomic E-state index is -0.0304. The maximum atomic E-state index is 12.4. The topological polar surface area (TPSA) is 44.4 Å². The quantitative estimate of drug-likeness (QED) is 0.857. The molecule has 1 fully saturated rings. The van der Waals surface area contributed by atoms with Crippen molar-refractivity contribution >= 4 is 5.91 Å². The first kappa shape index (κ1) is 15.0. The summed E-state index contributed by atoms with van der Waals surface area (Å²) in [6.07, 6.45) is 3.24. The lowest BCUT2D eigenvalue weighted by molar-refractivity contribution is -0.124. The van der Waals surface area contributed by atoms with Crippen molar-refractivity contribution in [3.63, 3.8) is 0 Å². The van der Waals surface area contributed by atoms with Gasteiger partial charge in [-0.2, -0.15) is 0 Å². The third kappa shape index (κ3) is 4.32. The summed E-state index contributed by atoms with van der Waals surface area (Å²) in [5.41, 5.74) is 1.16. The van der Waals surface area contributed by atoms with Crippen molar-refractivity contribution < 1.29 is 4.79 Å². The van der Waals surface area contributed by atoms with Gasteiger partial charge in [0.1, 0.15) is 0 Å². The fraction of sp³-hybridized carbons (Fsp3) is 0.562. The van der Waals surface area contributed by atoms with Crippen molar-refractivity contribution in [2.45, 2.75) is 31.3 Å². The van der Waals surface area contributed by atoms with Gasteiger partial charge in [0.15, 0.2) is 0 Å². The summed E-state index contributed by atoms with van der Waals surface area (Å²) in [7, 11) is 4.06. The van der Waals surface area contributed by atoms with E-state index in [4.69, 9.17) is 0 Å². The summed E-state index contributed by atoms with van der Waals surface area (Å²) in [6, 6.07) is 10.2. The number of amides is 1. The van der Waals surface area contributed by atoms with E-state index < -0.39 is 0 Å². The van der Waals surface area contributed by atoms with Crippen LogP contribution in [0.5, 0.6) is 0 Å². The smallest absolute Gasteiger partial charge is 0.237 e. The van der Waals surface area contributed by atoms with E-state index >= 15 is 0 Å². The van der Waals surface area contributed by atoms with Crippen LogP contribution in [0, 0.1) is 0 Å². The largest absolute Gasteiger partial charge is 0.347 e. The van der Waals surface area contributed by atoms with Crippen LogP contribution in [-0.2, 0) is 4.79 Å². The molecule has 2 atom stereocenters. The Bertz CT molecular complexity index is 413. The number of carbonyl (C=O) groups excluding carboxylic acids is 1.